The molecule has 1 heterocycles. The Bertz CT molecular complexity index is 737. The highest BCUT2D eigenvalue weighted by Crippen LogP contribution is 2.35. The van der Waals surface area contributed by atoms with Crippen molar-refractivity contribution in [2.75, 3.05) is 6.79 Å². The molecule has 0 amide bonds. The molecule has 0 unspecified atom stereocenters. The molecule has 5 heteroatoms. The fourth-order valence-electron chi connectivity index (χ4n) is 2.08. The van der Waals surface area contributed by atoms with Gasteiger partial charge in [0, 0.05) is 5.56 Å². The van der Waals surface area contributed by atoms with Gasteiger partial charge in [0.15, 0.2) is 11.5 Å². The Hall–Kier alpha value is -2.82. The fraction of sp³-hybridized carbons (Fsp3) is 0.0625. The number of rotatable bonds is 3. The highest BCUT2D eigenvalue weighted by molar-refractivity contribution is 6.20. The van der Waals surface area contributed by atoms with E-state index in [1.165, 1.54) is 18.2 Å². The fourth-order valence-corrected chi connectivity index (χ4v) is 2.08. The number of aliphatic carboxylic acids is 1. The third kappa shape index (κ3) is 2.58. The summed E-state index contributed by atoms with van der Waals surface area (Å²) in [5.41, 5.74) is 0.626. The Balaban J connectivity index is 2.07. The quantitative estimate of drug-likeness (QED) is 0.695. The second kappa shape index (κ2) is 5.28. The molecule has 0 atom stereocenters. The van der Waals surface area contributed by atoms with E-state index in [0.717, 1.165) is 0 Å². The molecule has 1 N–H and O–H groups in total. The first-order chi connectivity index (χ1) is 10.1. The molecule has 0 aliphatic carbocycles. The van der Waals surface area contributed by atoms with Gasteiger partial charge in [0.05, 0.1) is 5.57 Å². The van der Waals surface area contributed by atoms with E-state index in [-0.39, 0.29) is 17.9 Å². The van der Waals surface area contributed by atoms with Crippen LogP contribution in [0.25, 0.3) is 11.6 Å². The van der Waals surface area contributed by atoms with Crippen LogP contribution in [0.15, 0.2) is 42.5 Å². The Labute approximate surface area is 120 Å². The first-order valence-corrected chi connectivity index (χ1v) is 6.25. The third-order valence-corrected chi connectivity index (χ3v) is 3.12. The largest absolute Gasteiger partial charge is 0.478 e. The number of fused-ring (bicyclic) bond motifs is 1. The minimum absolute atomic E-state index is 0.0154. The molecule has 2 aromatic rings. The van der Waals surface area contributed by atoms with Crippen molar-refractivity contribution in [2.24, 2.45) is 0 Å². The molecule has 2 aromatic carbocycles. The van der Waals surface area contributed by atoms with Crippen LogP contribution < -0.4 is 9.47 Å². The van der Waals surface area contributed by atoms with E-state index in [1.807, 2.05) is 0 Å². The zero-order chi connectivity index (χ0) is 14.8. The second-order valence-electron chi connectivity index (χ2n) is 4.45. The van der Waals surface area contributed by atoms with Gasteiger partial charge in [-0.3, -0.25) is 0 Å². The lowest BCUT2D eigenvalue weighted by molar-refractivity contribution is -0.130. The van der Waals surface area contributed by atoms with Crippen LogP contribution in [0.3, 0.4) is 0 Å². The van der Waals surface area contributed by atoms with E-state index in [9.17, 15) is 14.3 Å². The first kappa shape index (κ1) is 13.2. The maximum atomic E-state index is 13.7. The van der Waals surface area contributed by atoms with Crippen LogP contribution in [0.4, 0.5) is 4.39 Å². The zero-order valence-electron chi connectivity index (χ0n) is 10.9. The topological polar surface area (TPSA) is 55.8 Å². The average Bonchev–Trinajstić information content (AvgIpc) is 2.93. The standard InChI is InChI=1S/C16H11FO4/c17-13-4-2-1-3-11(13)7-12(16(18)19)10-5-6-14-15(8-10)21-9-20-14/h1-8H,9H2,(H,18,19)/b12-7+. The summed E-state index contributed by atoms with van der Waals surface area (Å²) < 4.78 is 24.1. The first-order valence-electron chi connectivity index (χ1n) is 6.25. The summed E-state index contributed by atoms with van der Waals surface area (Å²) in [6.45, 7) is 0.109. The molecule has 0 bridgehead atoms. The lowest BCUT2D eigenvalue weighted by Crippen LogP contribution is -2.00. The lowest BCUT2D eigenvalue weighted by Gasteiger charge is -2.05. The maximum absolute atomic E-state index is 13.7. The van der Waals surface area contributed by atoms with Gasteiger partial charge in [-0.15, -0.1) is 0 Å². The predicted octanol–water partition coefficient (Wildman–Crippen LogP) is 3.18. The Morgan fingerprint density at radius 1 is 1.14 bits per heavy atom. The smallest absolute Gasteiger partial charge is 0.336 e. The summed E-state index contributed by atoms with van der Waals surface area (Å²) in [5.74, 6) is -0.573. The molecular weight excluding hydrogens is 275 g/mol. The van der Waals surface area contributed by atoms with Gasteiger partial charge >= 0.3 is 5.97 Å². The monoisotopic (exact) mass is 286 g/mol. The molecule has 0 spiro atoms. The van der Waals surface area contributed by atoms with Crippen molar-refractivity contribution in [1.29, 1.82) is 0 Å². The van der Waals surface area contributed by atoms with Crippen molar-refractivity contribution in [1.82, 2.24) is 0 Å². The average molecular weight is 286 g/mol. The summed E-state index contributed by atoms with van der Waals surface area (Å²) in [7, 11) is 0. The van der Waals surface area contributed by atoms with Gasteiger partial charge in [-0.1, -0.05) is 24.3 Å². The van der Waals surface area contributed by atoms with Gasteiger partial charge in [0.1, 0.15) is 5.82 Å². The minimum atomic E-state index is -1.14. The number of hydrogen-bond donors (Lipinski definition) is 1. The van der Waals surface area contributed by atoms with Crippen molar-refractivity contribution in [3.63, 3.8) is 0 Å². The van der Waals surface area contributed by atoms with Crippen LogP contribution in [-0.2, 0) is 4.79 Å². The van der Waals surface area contributed by atoms with E-state index >= 15 is 0 Å². The number of hydrogen-bond acceptors (Lipinski definition) is 3. The third-order valence-electron chi connectivity index (χ3n) is 3.12. The summed E-state index contributed by atoms with van der Waals surface area (Å²) >= 11 is 0. The minimum Gasteiger partial charge on any atom is -0.478 e. The van der Waals surface area contributed by atoms with Crippen LogP contribution in [0.2, 0.25) is 0 Å². The van der Waals surface area contributed by atoms with Crippen LogP contribution in [0.1, 0.15) is 11.1 Å². The molecule has 106 valence electrons. The summed E-state index contributed by atoms with van der Waals surface area (Å²) in [6.07, 6.45) is 1.30. The van der Waals surface area contributed by atoms with Gasteiger partial charge in [-0.2, -0.15) is 0 Å². The van der Waals surface area contributed by atoms with Crippen LogP contribution in [0.5, 0.6) is 11.5 Å². The summed E-state index contributed by atoms with van der Waals surface area (Å²) in [5, 5.41) is 9.36. The van der Waals surface area contributed by atoms with Gasteiger partial charge in [-0.25, -0.2) is 9.18 Å². The molecule has 0 fully saturated rings. The molecule has 0 saturated carbocycles. The van der Waals surface area contributed by atoms with Gasteiger partial charge in [0.25, 0.3) is 0 Å². The van der Waals surface area contributed by atoms with Crippen molar-refractivity contribution in [3.05, 3.63) is 59.4 Å². The van der Waals surface area contributed by atoms with Crippen molar-refractivity contribution >= 4 is 17.6 Å². The number of ether oxygens (including phenoxy) is 2. The number of carboxylic acids is 1. The Morgan fingerprint density at radius 3 is 2.67 bits per heavy atom. The number of carbonyl (C=O) groups is 1. The zero-order valence-corrected chi connectivity index (χ0v) is 10.9. The molecule has 0 aromatic heterocycles. The van der Waals surface area contributed by atoms with Crippen LogP contribution >= 0.6 is 0 Å². The van der Waals surface area contributed by atoms with E-state index in [0.29, 0.717) is 17.1 Å². The molecule has 0 radical (unpaired) electrons. The second-order valence-corrected chi connectivity index (χ2v) is 4.45. The highest BCUT2D eigenvalue weighted by Gasteiger charge is 2.18. The van der Waals surface area contributed by atoms with E-state index in [1.54, 1.807) is 30.3 Å². The molecular formula is C16H11FO4. The Kier molecular flexibility index (Phi) is 3.31. The van der Waals surface area contributed by atoms with Crippen LogP contribution in [-0.4, -0.2) is 17.9 Å². The predicted molar refractivity (Wildman–Crippen MR) is 74.5 cm³/mol. The molecule has 1 aliphatic rings. The molecule has 0 saturated heterocycles. The normalized spacial score (nSPS) is 13.3. The van der Waals surface area contributed by atoms with Gasteiger partial charge < -0.3 is 14.6 Å². The lowest BCUT2D eigenvalue weighted by atomic mass is 10.0. The van der Waals surface area contributed by atoms with E-state index in [2.05, 4.69) is 0 Å². The van der Waals surface area contributed by atoms with Gasteiger partial charge in [0.2, 0.25) is 6.79 Å². The summed E-state index contributed by atoms with van der Waals surface area (Å²) in [4.78, 5) is 11.5. The number of halogens is 1. The molecule has 1 aliphatic heterocycles. The molecule has 3 rings (SSSR count). The van der Waals surface area contributed by atoms with Crippen LogP contribution in [0, 0.1) is 5.82 Å². The SMILES string of the molecule is O=C(O)/C(=C/c1ccccc1F)c1ccc2c(c1)OCO2. The van der Waals surface area contributed by atoms with Gasteiger partial charge in [-0.05, 0) is 29.8 Å². The van der Waals surface area contributed by atoms with E-state index in [4.69, 9.17) is 9.47 Å². The summed E-state index contributed by atoms with van der Waals surface area (Å²) in [6, 6.07) is 10.8. The van der Waals surface area contributed by atoms with Crippen molar-refractivity contribution in [3.8, 4) is 11.5 Å². The number of benzene rings is 2. The van der Waals surface area contributed by atoms with E-state index < -0.39 is 11.8 Å². The maximum Gasteiger partial charge on any atom is 0.336 e. The van der Waals surface area contributed by atoms with Crippen molar-refractivity contribution < 1.29 is 23.8 Å². The Morgan fingerprint density at radius 2 is 1.90 bits per heavy atom. The number of carboxylic acid groups (broad SMARTS) is 1. The highest BCUT2D eigenvalue weighted by atomic mass is 19.1. The van der Waals surface area contributed by atoms with Crippen molar-refractivity contribution in [2.45, 2.75) is 0 Å². The molecule has 21 heavy (non-hydrogen) atoms. The molecule has 4 nitrogen and oxygen atoms in total.